The minimum Gasteiger partial charge on any atom is -0.367 e. The van der Waals surface area contributed by atoms with Crippen molar-refractivity contribution in [2.45, 2.75) is 40.2 Å². The average molecular weight is 250 g/mol. The summed E-state index contributed by atoms with van der Waals surface area (Å²) in [7, 11) is 0. The van der Waals surface area contributed by atoms with E-state index in [-0.39, 0.29) is 5.91 Å². The van der Waals surface area contributed by atoms with Crippen molar-refractivity contribution in [3.63, 3.8) is 0 Å². The van der Waals surface area contributed by atoms with Crippen molar-refractivity contribution < 1.29 is 4.79 Å². The summed E-state index contributed by atoms with van der Waals surface area (Å²) in [5.41, 5.74) is 0.355. The molecule has 0 fully saturated rings. The fourth-order valence-corrected chi connectivity index (χ4v) is 1.38. The molecule has 18 heavy (non-hydrogen) atoms. The summed E-state index contributed by atoms with van der Waals surface area (Å²) in [4.78, 5) is 20.0. The third-order valence-corrected chi connectivity index (χ3v) is 2.33. The Morgan fingerprint density at radius 2 is 1.94 bits per heavy atom. The van der Waals surface area contributed by atoms with E-state index < -0.39 is 0 Å². The van der Waals surface area contributed by atoms with Crippen molar-refractivity contribution in [3.05, 3.63) is 18.1 Å². The van der Waals surface area contributed by atoms with E-state index >= 15 is 0 Å². The molecule has 0 saturated heterocycles. The number of aromatic nitrogens is 2. The standard InChI is InChI=1S/C13H22N4O/c1-9(2)5-6-14-13(18)11-7-16-12(8-15-11)17-10(3)4/h7-10H,5-6H2,1-4H3,(H,14,18)(H,16,17). The van der Waals surface area contributed by atoms with Crippen LogP contribution in [0, 0.1) is 5.92 Å². The van der Waals surface area contributed by atoms with Crippen LogP contribution in [0.2, 0.25) is 0 Å². The van der Waals surface area contributed by atoms with Crippen molar-refractivity contribution in [1.82, 2.24) is 15.3 Å². The topological polar surface area (TPSA) is 66.9 Å². The molecule has 0 aliphatic rings. The maximum atomic E-state index is 11.7. The van der Waals surface area contributed by atoms with Crippen molar-refractivity contribution in [1.29, 1.82) is 0 Å². The Balaban J connectivity index is 2.48. The molecule has 0 spiro atoms. The lowest BCUT2D eigenvalue weighted by molar-refractivity contribution is 0.0946. The normalized spacial score (nSPS) is 10.8. The molecule has 0 radical (unpaired) electrons. The first-order chi connectivity index (χ1) is 8.49. The summed E-state index contributed by atoms with van der Waals surface area (Å²) in [6.45, 7) is 8.96. The Bertz CT molecular complexity index is 373. The summed E-state index contributed by atoms with van der Waals surface area (Å²) in [6.07, 6.45) is 4.04. The molecule has 0 bridgehead atoms. The second-order valence-corrected chi connectivity index (χ2v) is 5.02. The van der Waals surface area contributed by atoms with Gasteiger partial charge in [-0.1, -0.05) is 13.8 Å². The number of nitrogens with one attached hydrogen (secondary N) is 2. The maximum Gasteiger partial charge on any atom is 0.271 e. The second kappa shape index (κ2) is 6.93. The third-order valence-electron chi connectivity index (χ3n) is 2.33. The summed E-state index contributed by atoms with van der Waals surface area (Å²) < 4.78 is 0. The van der Waals surface area contributed by atoms with Gasteiger partial charge in [-0.2, -0.15) is 0 Å². The summed E-state index contributed by atoms with van der Waals surface area (Å²) >= 11 is 0. The molecular weight excluding hydrogens is 228 g/mol. The van der Waals surface area contributed by atoms with Crippen LogP contribution in [0.4, 0.5) is 5.82 Å². The molecule has 0 aliphatic carbocycles. The van der Waals surface area contributed by atoms with Gasteiger partial charge in [-0.25, -0.2) is 9.97 Å². The molecule has 0 atom stereocenters. The van der Waals surface area contributed by atoms with Crippen LogP contribution in [0.15, 0.2) is 12.4 Å². The molecule has 0 saturated carbocycles. The zero-order chi connectivity index (χ0) is 13.5. The highest BCUT2D eigenvalue weighted by Gasteiger charge is 2.07. The Kier molecular flexibility index (Phi) is 5.55. The third kappa shape index (κ3) is 5.12. The van der Waals surface area contributed by atoms with E-state index in [4.69, 9.17) is 0 Å². The minimum atomic E-state index is -0.167. The van der Waals surface area contributed by atoms with Gasteiger partial charge in [0.1, 0.15) is 11.5 Å². The van der Waals surface area contributed by atoms with Crippen LogP contribution in [0.25, 0.3) is 0 Å². The van der Waals surface area contributed by atoms with Crippen LogP contribution in [0.3, 0.4) is 0 Å². The van der Waals surface area contributed by atoms with E-state index in [9.17, 15) is 4.79 Å². The van der Waals surface area contributed by atoms with Gasteiger partial charge in [-0.15, -0.1) is 0 Å². The number of hydrogen-bond donors (Lipinski definition) is 2. The SMILES string of the molecule is CC(C)CCNC(=O)c1cnc(NC(C)C)cn1. The molecule has 0 aromatic carbocycles. The molecule has 100 valence electrons. The Morgan fingerprint density at radius 3 is 2.44 bits per heavy atom. The number of rotatable bonds is 6. The fourth-order valence-electron chi connectivity index (χ4n) is 1.38. The van der Waals surface area contributed by atoms with Gasteiger partial charge < -0.3 is 10.6 Å². The van der Waals surface area contributed by atoms with Gasteiger partial charge in [-0.05, 0) is 26.2 Å². The van der Waals surface area contributed by atoms with Gasteiger partial charge in [0.25, 0.3) is 5.91 Å². The van der Waals surface area contributed by atoms with Crippen LogP contribution in [0.1, 0.15) is 44.6 Å². The monoisotopic (exact) mass is 250 g/mol. The summed E-state index contributed by atoms with van der Waals surface area (Å²) in [5, 5.41) is 5.95. The second-order valence-electron chi connectivity index (χ2n) is 5.02. The molecule has 5 nitrogen and oxygen atoms in total. The first-order valence-electron chi connectivity index (χ1n) is 6.35. The lowest BCUT2D eigenvalue weighted by Gasteiger charge is -2.09. The largest absolute Gasteiger partial charge is 0.367 e. The van der Waals surface area contributed by atoms with Gasteiger partial charge in [0.2, 0.25) is 0 Å². The molecule has 2 N–H and O–H groups in total. The fraction of sp³-hybridized carbons (Fsp3) is 0.615. The van der Waals surface area contributed by atoms with Gasteiger partial charge >= 0.3 is 0 Å². The van der Waals surface area contributed by atoms with E-state index in [2.05, 4.69) is 34.4 Å². The van der Waals surface area contributed by atoms with E-state index in [0.717, 1.165) is 6.42 Å². The highest BCUT2D eigenvalue weighted by molar-refractivity contribution is 5.91. The van der Waals surface area contributed by atoms with Crippen LogP contribution in [-0.2, 0) is 0 Å². The van der Waals surface area contributed by atoms with Crippen LogP contribution < -0.4 is 10.6 Å². The number of carbonyl (C=O) groups is 1. The van der Waals surface area contributed by atoms with Gasteiger partial charge in [0.05, 0.1) is 12.4 Å². The molecule has 5 heteroatoms. The zero-order valence-electron chi connectivity index (χ0n) is 11.5. The molecule has 0 unspecified atom stereocenters. The molecule has 1 aromatic rings. The lowest BCUT2D eigenvalue weighted by Crippen LogP contribution is -2.26. The summed E-state index contributed by atoms with van der Waals surface area (Å²) in [5.74, 6) is 1.09. The first kappa shape index (κ1) is 14.4. The van der Waals surface area contributed by atoms with E-state index in [1.165, 1.54) is 6.20 Å². The zero-order valence-corrected chi connectivity index (χ0v) is 11.5. The van der Waals surface area contributed by atoms with Crippen molar-refractivity contribution >= 4 is 11.7 Å². The van der Waals surface area contributed by atoms with Crippen LogP contribution in [-0.4, -0.2) is 28.5 Å². The molecule has 0 aliphatic heterocycles. The van der Waals surface area contributed by atoms with E-state index in [1.54, 1.807) is 6.20 Å². The van der Waals surface area contributed by atoms with Crippen molar-refractivity contribution in [2.24, 2.45) is 5.92 Å². The Morgan fingerprint density at radius 1 is 1.22 bits per heavy atom. The number of nitrogens with zero attached hydrogens (tertiary/aromatic N) is 2. The van der Waals surface area contributed by atoms with Gasteiger partial charge in [-0.3, -0.25) is 4.79 Å². The number of anilines is 1. The predicted molar refractivity (Wildman–Crippen MR) is 72.6 cm³/mol. The van der Waals surface area contributed by atoms with Gasteiger partial charge in [0, 0.05) is 12.6 Å². The quantitative estimate of drug-likeness (QED) is 0.811. The number of carbonyl (C=O) groups excluding carboxylic acids is 1. The highest BCUT2D eigenvalue weighted by atomic mass is 16.1. The van der Waals surface area contributed by atoms with Gasteiger partial charge in [0.15, 0.2) is 0 Å². The molecule has 1 amide bonds. The molecule has 1 aromatic heterocycles. The Hall–Kier alpha value is -1.65. The molecular formula is C13H22N4O. The smallest absolute Gasteiger partial charge is 0.271 e. The number of amides is 1. The molecule has 1 heterocycles. The van der Waals surface area contributed by atoms with Crippen LogP contribution >= 0.6 is 0 Å². The van der Waals surface area contributed by atoms with E-state index in [0.29, 0.717) is 30.0 Å². The predicted octanol–water partition coefficient (Wildman–Crippen LogP) is 2.07. The molecule has 1 rings (SSSR count). The highest BCUT2D eigenvalue weighted by Crippen LogP contribution is 2.03. The van der Waals surface area contributed by atoms with Crippen molar-refractivity contribution in [3.8, 4) is 0 Å². The van der Waals surface area contributed by atoms with E-state index in [1.807, 2.05) is 13.8 Å². The minimum absolute atomic E-state index is 0.167. The first-order valence-corrected chi connectivity index (χ1v) is 6.35. The van der Waals surface area contributed by atoms with Crippen molar-refractivity contribution in [2.75, 3.05) is 11.9 Å². The average Bonchev–Trinajstić information content (AvgIpc) is 2.28. The summed E-state index contributed by atoms with van der Waals surface area (Å²) in [6, 6.07) is 0.296. The van der Waals surface area contributed by atoms with Crippen LogP contribution in [0.5, 0.6) is 0 Å². The number of hydrogen-bond acceptors (Lipinski definition) is 4. The lowest BCUT2D eigenvalue weighted by atomic mass is 10.1. The maximum absolute atomic E-state index is 11.7. The Labute approximate surface area is 108 Å².